The lowest BCUT2D eigenvalue weighted by Crippen LogP contribution is -1.98. The first kappa shape index (κ1) is 14.4. The van der Waals surface area contributed by atoms with Gasteiger partial charge in [-0.1, -0.05) is 18.9 Å². The molecule has 0 radical (unpaired) electrons. The molecule has 0 saturated heterocycles. The summed E-state index contributed by atoms with van der Waals surface area (Å²) in [4.78, 5) is 4.32. The molecule has 21 heavy (non-hydrogen) atoms. The van der Waals surface area contributed by atoms with Crippen molar-refractivity contribution in [1.29, 1.82) is 0 Å². The monoisotopic (exact) mass is 309 g/mol. The molecule has 2 aromatic rings. The third-order valence-electron chi connectivity index (χ3n) is 3.65. The molecule has 1 saturated carbocycles. The molecule has 0 bridgehead atoms. The summed E-state index contributed by atoms with van der Waals surface area (Å²) < 4.78 is 39.9. The second kappa shape index (κ2) is 6.10. The maximum Gasteiger partial charge on any atom is 0.194 e. The Kier molecular flexibility index (Phi) is 4.19. The fourth-order valence-electron chi connectivity index (χ4n) is 2.58. The summed E-state index contributed by atoms with van der Waals surface area (Å²) in [5.74, 6) is -3.79. The number of halogens is 3. The van der Waals surface area contributed by atoms with Gasteiger partial charge in [0.15, 0.2) is 17.5 Å². The van der Waals surface area contributed by atoms with E-state index in [1.54, 1.807) is 30.1 Å². The summed E-state index contributed by atoms with van der Waals surface area (Å²) >= 11 is 1.64. The number of benzene rings is 1. The molecule has 0 aliphatic heterocycles. The highest BCUT2D eigenvalue weighted by molar-refractivity contribution is 8.00. The van der Waals surface area contributed by atoms with Crippen LogP contribution in [0, 0.1) is 17.5 Å². The van der Waals surface area contributed by atoms with Crippen LogP contribution in [0.4, 0.5) is 13.2 Å². The van der Waals surface area contributed by atoms with E-state index < -0.39 is 17.5 Å². The highest BCUT2D eigenvalue weighted by Gasteiger charge is 2.20. The van der Waals surface area contributed by atoms with Crippen LogP contribution in [-0.2, 0) is 0 Å². The van der Waals surface area contributed by atoms with Gasteiger partial charge in [0.1, 0.15) is 5.03 Å². The lowest BCUT2D eigenvalue weighted by atomic mass is 10.1. The van der Waals surface area contributed by atoms with E-state index in [1.807, 2.05) is 0 Å². The van der Waals surface area contributed by atoms with Crippen molar-refractivity contribution in [2.45, 2.75) is 36.0 Å². The number of aromatic nitrogens is 1. The van der Waals surface area contributed by atoms with Gasteiger partial charge in [-0.15, -0.1) is 11.8 Å². The zero-order valence-corrected chi connectivity index (χ0v) is 12.1. The third kappa shape index (κ3) is 3.07. The van der Waals surface area contributed by atoms with E-state index in [0.717, 1.165) is 30.0 Å². The van der Waals surface area contributed by atoms with Gasteiger partial charge >= 0.3 is 0 Å². The zero-order chi connectivity index (χ0) is 14.8. The third-order valence-corrected chi connectivity index (χ3v) is 5.00. The minimum atomic E-state index is -1.44. The van der Waals surface area contributed by atoms with E-state index in [4.69, 9.17) is 0 Å². The Balaban J connectivity index is 1.98. The largest absolute Gasteiger partial charge is 0.249 e. The summed E-state index contributed by atoms with van der Waals surface area (Å²) in [5, 5.41) is 1.24. The van der Waals surface area contributed by atoms with Crippen LogP contribution in [0.2, 0.25) is 0 Å². The Morgan fingerprint density at radius 3 is 2.38 bits per heavy atom. The number of thioether (sulfide) groups is 1. The molecule has 1 heterocycles. The molecular formula is C16H14F3NS. The summed E-state index contributed by atoms with van der Waals surface area (Å²) in [5.41, 5.74) is 0.965. The van der Waals surface area contributed by atoms with Gasteiger partial charge in [0, 0.05) is 17.0 Å². The van der Waals surface area contributed by atoms with Crippen molar-refractivity contribution in [2.24, 2.45) is 0 Å². The smallest absolute Gasteiger partial charge is 0.194 e. The van der Waals surface area contributed by atoms with Crippen LogP contribution >= 0.6 is 11.8 Å². The highest BCUT2D eigenvalue weighted by atomic mass is 32.2. The van der Waals surface area contributed by atoms with Crippen molar-refractivity contribution in [3.05, 3.63) is 47.9 Å². The second-order valence-electron chi connectivity index (χ2n) is 5.13. The van der Waals surface area contributed by atoms with Gasteiger partial charge in [0.2, 0.25) is 0 Å². The predicted octanol–water partition coefficient (Wildman–Crippen LogP) is 5.20. The number of hydrogen-bond acceptors (Lipinski definition) is 2. The van der Waals surface area contributed by atoms with Crippen LogP contribution in [0.25, 0.3) is 11.1 Å². The van der Waals surface area contributed by atoms with E-state index >= 15 is 0 Å². The normalized spacial score (nSPS) is 15.6. The van der Waals surface area contributed by atoms with Gasteiger partial charge in [0.05, 0.1) is 0 Å². The number of pyridine rings is 1. The Hall–Kier alpha value is -1.49. The average molecular weight is 309 g/mol. The second-order valence-corrected chi connectivity index (χ2v) is 6.42. The van der Waals surface area contributed by atoms with Crippen LogP contribution < -0.4 is 0 Å². The highest BCUT2D eigenvalue weighted by Crippen LogP contribution is 2.38. The fourth-order valence-corrected chi connectivity index (χ4v) is 3.90. The molecular weight excluding hydrogens is 295 g/mol. The first-order valence-electron chi connectivity index (χ1n) is 6.92. The predicted molar refractivity (Wildman–Crippen MR) is 77.7 cm³/mol. The SMILES string of the molecule is Fc1cc(-c2cccnc2SC2CCCC2)cc(F)c1F. The molecule has 1 aromatic heterocycles. The van der Waals surface area contributed by atoms with Crippen molar-refractivity contribution in [2.75, 3.05) is 0 Å². The fraction of sp³-hybridized carbons (Fsp3) is 0.312. The first-order valence-corrected chi connectivity index (χ1v) is 7.79. The minimum absolute atomic E-state index is 0.319. The summed E-state index contributed by atoms with van der Waals surface area (Å²) in [6.45, 7) is 0. The zero-order valence-electron chi connectivity index (χ0n) is 11.3. The summed E-state index contributed by atoms with van der Waals surface area (Å²) in [6, 6.07) is 5.52. The molecule has 0 atom stereocenters. The Morgan fingerprint density at radius 1 is 1.05 bits per heavy atom. The molecule has 1 aliphatic carbocycles. The van der Waals surface area contributed by atoms with Crippen molar-refractivity contribution < 1.29 is 13.2 Å². The molecule has 1 aliphatic rings. The molecule has 0 unspecified atom stereocenters. The standard InChI is InChI=1S/C16H14F3NS/c17-13-8-10(9-14(18)15(13)19)12-6-3-7-20-16(12)21-11-4-1-2-5-11/h3,6-9,11H,1-2,4-5H2. The van der Waals surface area contributed by atoms with E-state index in [9.17, 15) is 13.2 Å². The average Bonchev–Trinajstić information content (AvgIpc) is 2.98. The van der Waals surface area contributed by atoms with Crippen LogP contribution in [-0.4, -0.2) is 10.2 Å². The van der Waals surface area contributed by atoms with Crippen LogP contribution in [0.1, 0.15) is 25.7 Å². The van der Waals surface area contributed by atoms with Gasteiger partial charge < -0.3 is 0 Å². The quantitative estimate of drug-likeness (QED) is 0.723. The topological polar surface area (TPSA) is 12.9 Å². The van der Waals surface area contributed by atoms with Crippen molar-refractivity contribution in [1.82, 2.24) is 4.98 Å². The maximum atomic E-state index is 13.4. The molecule has 0 N–H and O–H groups in total. The number of nitrogens with zero attached hydrogens (tertiary/aromatic N) is 1. The van der Waals surface area contributed by atoms with Gasteiger partial charge in [-0.3, -0.25) is 0 Å². The minimum Gasteiger partial charge on any atom is -0.249 e. The van der Waals surface area contributed by atoms with Crippen LogP contribution in [0.5, 0.6) is 0 Å². The van der Waals surface area contributed by atoms with Gasteiger partial charge in [-0.25, -0.2) is 18.2 Å². The Morgan fingerprint density at radius 2 is 1.71 bits per heavy atom. The van der Waals surface area contributed by atoms with Gasteiger partial charge in [-0.2, -0.15) is 0 Å². The van der Waals surface area contributed by atoms with Crippen molar-refractivity contribution >= 4 is 11.8 Å². The molecule has 0 spiro atoms. The van der Waals surface area contributed by atoms with Crippen molar-refractivity contribution in [3.8, 4) is 11.1 Å². The summed E-state index contributed by atoms with van der Waals surface area (Å²) in [6.07, 6.45) is 6.34. The lowest BCUT2D eigenvalue weighted by Gasteiger charge is -2.12. The number of rotatable bonds is 3. The Bertz CT molecular complexity index is 631. The maximum absolute atomic E-state index is 13.4. The van der Waals surface area contributed by atoms with E-state index in [2.05, 4.69) is 4.98 Å². The molecule has 1 aromatic carbocycles. The van der Waals surface area contributed by atoms with E-state index in [0.29, 0.717) is 16.4 Å². The molecule has 3 rings (SSSR count). The van der Waals surface area contributed by atoms with Gasteiger partial charge in [0.25, 0.3) is 0 Å². The van der Waals surface area contributed by atoms with Crippen molar-refractivity contribution in [3.63, 3.8) is 0 Å². The molecule has 1 nitrogen and oxygen atoms in total. The Labute approximate surface area is 125 Å². The molecule has 1 fully saturated rings. The van der Waals surface area contributed by atoms with Crippen LogP contribution in [0.15, 0.2) is 35.5 Å². The molecule has 5 heteroatoms. The van der Waals surface area contributed by atoms with E-state index in [-0.39, 0.29) is 0 Å². The molecule has 0 amide bonds. The lowest BCUT2D eigenvalue weighted by molar-refractivity contribution is 0.447. The first-order chi connectivity index (χ1) is 10.1. The van der Waals surface area contributed by atoms with E-state index in [1.165, 1.54) is 12.8 Å². The van der Waals surface area contributed by atoms with Gasteiger partial charge in [-0.05, 0) is 36.6 Å². The van der Waals surface area contributed by atoms with Crippen LogP contribution in [0.3, 0.4) is 0 Å². The number of hydrogen-bond donors (Lipinski definition) is 0. The molecule has 110 valence electrons. The summed E-state index contributed by atoms with van der Waals surface area (Å²) in [7, 11) is 0.